The van der Waals surface area contributed by atoms with Gasteiger partial charge in [-0.05, 0) is 6.08 Å². The van der Waals surface area contributed by atoms with Crippen LogP contribution in [0.2, 0.25) is 0 Å². The highest BCUT2D eigenvalue weighted by molar-refractivity contribution is 7.89. The molecule has 0 aromatic carbocycles. The van der Waals surface area contributed by atoms with Gasteiger partial charge in [0.2, 0.25) is 4.21 Å². The van der Waals surface area contributed by atoms with Crippen LogP contribution in [0.3, 0.4) is 0 Å². The van der Waals surface area contributed by atoms with Crippen LogP contribution in [0.15, 0.2) is 24.3 Å². The SMILES string of the molecule is O=S(=O)(O)C1(Cl)C=CC=CC1Cl. The van der Waals surface area contributed by atoms with Gasteiger partial charge in [0.25, 0.3) is 10.1 Å². The highest BCUT2D eigenvalue weighted by Gasteiger charge is 2.45. The van der Waals surface area contributed by atoms with Gasteiger partial charge in [-0.25, -0.2) is 0 Å². The maximum absolute atomic E-state index is 10.8. The van der Waals surface area contributed by atoms with Gasteiger partial charge in [-0.3, -0.25) is 4.55 Å². The summed E-state index contributed by atoms with van der Waals surface area (Å²) in [4.78, 5) is 0. The van der Waals surface area contributed by atoms with Crippen LogP contribution in [-0.4, -0.2) is 22.6 Å². The number of halogens is 2. The normalized spacial score (nSPS) is 35.4. The van der Waals surface area contributed by atoms with Gasteiger partial charge in [0.1, 0.15) is 0 Å². The Bertz CT molecular complexity index is 333. The summed E-state index contributed by atoms with van der Waals surface area (Å²) in [7, 11) is -4.38. The molecule has 0 amide bonds. The number of allylic oxidation sites excluding steroid dienone is 3. The largest absolute Gasteiger partial charge is 0.290 e. The van der Waals surface area contributed by atoms with Crippen LogP contribution in [0.1, 0.15) is 0 Å². The molecule has 0 aromatic rings. The first-order valence-electron chi connectivity index (χ1n) is 3.04. The molecule has 6 heteroatoms. The van der Waals surface area contributed by atoms with E-state index in [4.69, 9.17) is 27.8 Å². The second-order valence-corrected chi connectivity index (χ2v) is 5.26. The summed E-state index contributed by atoms with van der Waals surface area (Å²) in [5.41, 5.74) is 0. The van der Waals surface area contributed by atoms with Crippen LogP contribution in [0.5, 0.6) is 0 Å². The van der Waals surface area contributed by atoms with E-state index in [0.29, 0.717) is 0 Å². The van der Waals surface area contributed by atoms with Gasteiger partial charge < -0.3 is 0 Å². The molecule has 2 unspecified atom stereocenters. The topological polar surface area (TPSA) is 54.4 Å². The first-order chi connectivity index (χ1) is 5.38. The molecule has 1 aliphatic rings. The van der Waals surface area contributed by atoms with Gasteiger partial charge in [-0.2, -0.15) is 8.42 Å². The van der Waals surface area contributed by atoms with Crippen molar-refractivity contribution in [2.45, 2.75) is 9.58 Å². The maximum Gasteiger partial charge on any atom is 0.290 e. The number of alkyl halides is 2. The molecule has 0 heterocycles. The molecule has 68 valence electrons. The van der Waals surface area contributed by atoms with E-state index >= 15 is 0 Å². The average molecular weight is 229 g/mol. The van der Waals surface area contributed by atoms with Crippen LogP contribution in [-0.2, 0) is 10.1 Å². The first kappa shape index (κ1) is 10.1. The summed E-state index contributed by atoms with van der Waals surface area (Å²) in [6, 6.07) is 0. The minimum atomic E-state index is -4.38. The zero-order valence-corrected chi connectivity index (χ0v) is 8.14. The summed E-state index contributed by atoms with van der Waals surface area (Å²) in [5.74, 6) is 0. The number of rotatable bonds is 1. The zero-order chi connectivity index (χ0) is 9.41. The second-order valence-electron chi connectivity index (χ2n) is 2.32. The lowest BCUT2D eigenvalue weighted by Crippen LogP contribution is -2.39. The molecule has 0 radical (unpaired) electrons. The van der Waals surface area contributed by atoms with Crippen molar-refractivity contribution < 1.29 is 13.0 Å². The lowest BCUT2D eigenvalue weighted by atomic mass is 10.2. The molecule has 0 bridgehead atoms. The maximum atomic E-state index is 10.8. The predicted molar refractivity (Wildman–Crippen MR) is 48.1 cm³/mol. The average Bonchev–Trinajstić information content (AvgIpc) is 1.93. The van der Waals surface area contributed by atoms with Crippen molar-refractivity contribution in [1.82, 2.24) is 0 Å². The van der Waals surface area contributed by atoms with Crippen molar-refractivity contribution in [1.29, 1.82) is 0 Å². The highest BCUT2D eigenvalue weighted by atomic mass is 35.5. The third-order valence-corrected chi connectivity index (χ3v) is 4.34. The molecule has 0 saturated heterocycles. The Morgan fingerprint density at radius 2 is 2.00 bits per heavy atom. The molecule has 1 aliphatic carbocycles. The van der Waals surface area contributed by atoms with E-state index in [1.807, 2.05) is 0 Å². The minimum Gasteiger partial charge on any atom is -0.284 e. The van der Waals surface area contributed by atoms with E-state index in [9.17, 15) is 8.42 Å². The summed E-state index contributed by atoms with van der Waals surface area (Å²) in [6.07, 6.45) is 5.51. The molecule has 2 atom stereocenters. The Labute approximate surface area is 80.4 Å². The van der Waals surface area contributed by atoms with Crippen molar-refractivity contribution in [2.24, 2.45) is 0 Å². The smallest absolute Gasteiger partial charge is 0.284 e. The fourth-order valence-electron chi connectivity index (χ4n) is 0.800. The number of hydrogen-bond acceptors (Lipinski definition) is 2. The van der Waals surface area contributed by atoms with Gasteiger partial charge in [0, 0.05) is 0 Å². The van der Waals surface area contributed by atoms with Gasteiger partial charge >= 0.3 is 0 Å². The molecule has 0 spiro atoms. The fourth-order valence-corrected chi connectivity index (χ4v) is 2.05. The second kappa shape index (κ2) is 3.03. The lowest BCUT2D eigenvalue weighted by molar-refractivity contribution is 0.469. The molecule has 12 heavy (non-hydrogen) atoms. The monoisotopic (exact) mass is 228 g/mol. The van der Waals surface area contributed by atoms with Crippen LogP contribution < -0.4 is 0 Å². The van der Waals surface area contributed by atoms with Gasteiger partial charge in [0.15, 0.2) is 0 Å². The highest BCUT2D eigenvalue weighted by Crippen LogP contribution is 2.34. The molecule has 1 N–H and O–H groups in total. The summed E-state index contributed by atoms with van der Waals surface area (Å²) in [5, 5.41) is -0.959. The lowest BCUT2D eigenvalue weighted by Gasteiger charge is -2.24. The Morgan fingerprint density at radius 1 is 1.42 bits per heavy atom. The van der Waals surface area contributed by atoms with E-state index in [-0.39, 0.29) is 0 Å². The molecule has 1 rings (SSSR count). The van der Waals surface area contributed by atoms with Crippen molar-refractivity contribution in [3.8, 4) is 0 Å². The van der Waals surface area contributed by atoms with Gasteiger partial charge in [0.05, 0.1) is 5.38 Å². The standard InChI is InChI=1S/C6H6Cl2O3S/c7-5-3-1-2-4-6(5,8)12(9,10)11/h1-5H,(H,9,10,11). The van der Waals surface area contributed by atoms with E-state index in [2.05, 4.69) is 0 Å². The zero-order valence-electron chi connectivity index (χ0n) is 5.81. The van der Waals surface area contributed by atoms with E-state index in [1.165, 1.54) is 12.2 Å². The number of hydrogen-bond donors (Lipinski definition) is 1. The molecule has 0 fully saturated rings. The Kier molecular flexibility index (Phi) is 2.54. The van der Waals surface area contributed by atoms with Crippen molar-refractivity contribution in [2.75, 3.05) is 0 Å². The summed E-state index contributed by atoms with van der Waals surface area (Å²) >= 11 is 11.2. The van der Waals surface area contributed by atoms with Gasteiger partial charge in [-0.15, -0.1) is 11.6 Å². The molecular weight excluding hydrogens is 223 g/mol. The van der Waals surface area contributed by atoms with Gasteiger partial charge in [-0.1, -0.05) is 29.8 Å². The van der Waals surface area contributed by atoms with Crippen molar-refractivity contribution in [3.05, 3.63) is 24.3 Å². The molecule has 3 nitrogen and oxygen atoms in total. The third kappa shape index (κ3) is 1.52. The summed E-state index contributed by atoms with van der Waals surface area (Å²) in [6.45, 7) is 0. The van der Waals surface area contributed by atoms with Crippen LogP contribution in [0, 0.1) is 0 Å². The molecule has 0 saturated carbocycles. The molecule has 0 aliphatic heterocycles. The van der Waals surface area contributed by atoms with E-state index < -0.39 is 19.7 Å². The van der Waals surface area contributed by atoms with E-state index in [0.717, 1.165) is 6.08 Å². The van der Waals surface area contributed by atoms with Crippen molar-refractivity contribution in [3.63, 3.8) is 0 Å². The predicted octanol–water partition coefficient (Wildman–Crippen LogP) is 1.54. The Hall–Kier alpha value is -0.0300. The quantitative estimate of drug-likeness (QED) is 0.548. The Morgan fingerprint density at radius 3 is 2.33 bits per heavy atom. The van der Waals surface area contributed by atoms with Crippen LogP contribution >= 0.6 is 23.2 Å². The third-order valence-electron chi connectivity index (χ3n) is 1.49. The minimum absolute atomic E-state index is 0.959. The van der Waals surface area contributed by atoms with E-state index in [1.54, 1.807) is 6.08 Å². The Balaban J connectivity index is 3.16. The first-order valence-corrected chi connectivity index (χ1v) is 5.29. The van der Waals surface area contributed by atoms with Crippen LogP contribution in [0.4, 0.5) is 0 Å². The molecule has 0 aromatic heterocycles. The fraction of sp³-hybridized carbons (Fsp3) is 0.333. The van der Waals surface area contributed by atoms with Crippen LogP contribution in [0.25, 0.3) is 0 Å². The van der Waals surface area contributed by atoms with Crippen molar-refractivity contribution >= 4 is 33.3 Å². The summed E-state index contributed by atoms with van der Waals surface area (Å²) < 4.78 is 28.4. The molecular formula is C6H6Cl2O3S.